The van der Waals surface area contributed by atoms with E-state index in [0.29, 0.717) is 11.3 Å². The van der Waals surface area contributed by atoms with Gasteiger partial charge in [-0.15, -0.1) is 23.2 Å². The smallest absolute Gasteiger partial charge is 0.258 e. The zero-order valence-corrected chi connectivity index (χ0v) is 24.9. The van der Waals surface area contributed by atoms with E-state index >= 15 is 0 Å². The van der Waals surface area contributed by atoms with Crippen LogP contribution < -0.4 is 9.80 Å². The van der Waals surface area contributed by atoms with Gasteiger partial charge in [-0.05, 0) is 78.4 Å². The second-order valence-electron chi connectivity index (χ2n) is 11.8. The van der Waals surface area contributed by atoms with Gasteiger partial charge < -0.3 is 5.11 Å². The number of phenols is 1. The second-order valence-corrected chi connectivity index (χ2v) is 13.0. The number of benzene rings is 3. The Kier molecular flexibility index (Phi) is 6.58. The molecule has 2 aliphatic carbocycles. The predicted molar refractivity (Wildman–Crippen MR) is 164 cm³/mol. The van der Waals surface area contributed by atoms with Crippen molar-refractivity contribution >= 4 is 64.3 Å². The minimum atomic E-state index is -2.20. The van der Waals surface area contributed by atoms with E-state index in [2.05, 4.69) is 6.58 Å². The lowest BCUT2D eigenvalue weighted by Crippen LogP contribution is -2.60. The standard InChI is InChI=1S/C34H24Cl2F2N2O5/c1-2-17-3-8-20(9-4-17)39-29(42)23-13-12-22-24(27(23)30(39)43)16-33(35)31(44)40(21-10-6-19(37)7-11-21)32(45)34(33,36)28(22)18-5-14-26(41)25(38)15-18/h2-12,14-15,23-24,27-28,41H,1,13,16H2. The summed E-state index contributed by atoms with van der Waals surface area (Å²) in [6.45, 7) is 3.73. The van der Waals surface area contributed by atoms with Crippen molar-refractivity contribution in [2.24, 2.45) is 17.8 Å². The number of hydrogen-bond acceptors (Lipinski definition) is 5. The summed E-state index contributed by atoms with van der Waals surface area (Å²) in [6, 6.07) is 14.9. The third kappa shape index (κ3) is 3.93. The highest BCUT2D eigenvalue weighted by molar-refractivity contribution is 6.58. The molecular formula is C34H24Cl2F2N2O5. The Bertz CT molecular complexity index is 1860. The van der Waals surface area contributed by atoms with Gasteiger partial charge in [0, 0.05) is 5.92 Å². The summed E-state index contributed by atoms with van der Waals surface area (Å²) in [5.74, 6) is -8.66. The number of hydrogen-bond donors (Lipinski definition) is 1. The van der Waals surface area contributed by atoms with Crippen molar-refractivity contribution in [3.63, 3.8) is 0 Å². The lowest BCUT2D eigenvalue weighted by molar-refractivity contribution is -0.125. The second kappa shape index (κ2) is 10.1. The SMILES string of the molecule is C=Cc1ccc(N2C(=O)C3CC=C4C(CC5(Cl)C(=O)N(c6ccc(F)cc6)C(=O)C5(Cl)C4c4ccc(O)c(F)c4)C3C2=O)cc1. The summed E-state index contributed by atoms with van der Waals surface area (Å²) >= 11 is 14.5. The van der Waals surface area contributed by atoms with Crippen LogP contribution in [0.4, 0.5) is 20.2 Å². The van der Waals surface area contributed by atoms with Gasteiger partial charge in [0.25, 0.3) is 11.8 Å². The Balaban J connectivity index is 1.38. The molecule has 4 amide bonds. The van der Waals surface area contributed by atoms with E-state index in [9.17, 15) is 33.1 Å². The highest BCUT2D eigenvalue weighted by Gasteiger charge is 2.76. The van der Waals surface area contributed by atoms with Gasteiger partial charge in [0.15, 0.2) is 21.3 Å². The molecule has 3 aromatic rings. The summed E-state index contributed by atoms with van der Waals surface area (Å²) in [7, 11) is 0. The van der Waals surface area contributed by atoms with Crippen LogP contribution in [0, 0.1) is 29.4 Å². The number of phenolic OH excluding ortho intramolecular Hbond substituents is 1. The summed E-state index contributed by atoms with van der Waals surface area (Å²) in [5, 5.41) is 9.94. The molecule has 11 heteroatoms. The molecule has 2 aliphatic heterocycles. The summed E-state index contributed by atoms with van der Waals surface area (Å²) < 4.78 is 28.6. The molecule has 228 valence electrons. The van der Waals surface area contributed by atoms with Crippen LogP contribution in [0.15, 0.2) is 85.0 Å². The van der Waals surface area contributed by atoms with E-state index in [1.54, 1.807) is 36.4 Å². The topological polar surface area (TPSA) is 95.0 Å². The van der Waals surface area contributed by atoms with Crippen LogP contribution in [0.5, 0.6) is 5.75 Å². The highest BCUT2D eigenvalue weighted by atomic mass is 35.5. The minimum absolute atomic E-state index is 0.0348. The number of fused-ring (bicyclic) bond motifs is 4. The maximum absolute atomic E-state index is 14.8. The van der Waals surface area contributed by atoms with E-state index in [-0.39, 0.29) is 24.1 Å². The van der Waals surface area contributed by atoms with Crippen LogP contribution in [-0.2, 0) is 19.2 Å². The van der Waals surface area contributed by atoms with Gasteiger partial charge in [-0.25, -0.2) is 13.7 Å². The number of anilines is 2. The van der Waals surface area contributed by atoms with Gasteiger partial charge in [-0.3, -0.25) is 24.1 Å². The molecule has 2 heterocycles. The van der Waals surface area contributed by atoms with Crippen molar-refractivity contribution < 1.29 is 33.1 Å². The summed E-state index contributed by atoms with van der Waals surface area (Å²) in [6.07, 6.45) is 3.23. The number of nitrogens with zero attached hydrogens (tertiary/aromatic N) is 2. The molecule has 45 heavy (non-hydrogen) atoms. The van der Waals surface area contributed by atoms with E-state index in [1.165, 1.54) is 18.2 Å². The third-order valence-corrected chi connectivity index (χ3v) is 11.0. The first-order chi connectivity index (χ1) is 21.4. The van der Waals surface area contributed by atoms with Crippen molar-refractivity contribution in [1.82, 2.24) is 0 Å². The van der Waals surface area contributed by atoms with Gasteiger partial charge in [-0.2, -0.15) is 0 Å². The number of rotatable bonds is 4. The first-order valence-electron chi connectivity index (χ1n) is 14.2. The fraction of sp³-hybridized carbons (Fsp3) is 0.235. The van der Waals surface area contributed by atoms with Crippen LogP contribution in [0.2, 0.25) is 0 Å². The average molecular weight is 649 g/mol. The number of allylic oxidation sites excluding steroid dienone is 2. The summed E-state index contributed by atoms with van der Waals surface area (Å²) in [4.78, 5) is 53.9. The maximum atomic E-state index is 14.8. The molecule has 1 N–H and O–H groups in total. The number of imide groups is 2. The van der Waals surface area contributed by atoms with Crippen molar-refractivity contribution in [2.45, 2.75) is 28.5 Å². The van der Waals surface area contributed by atoms with E-state index in [4.69, 9.17) is 23.2 Å². The number of carbonyl (C=O) groups is 4. The fourth-order valence-corrected chi connectivity index (χ4v) is 8.42. The molecule has 0 radical (unpaired) electrons. The normalized spacial score (nSPS) is 30.6. The molecule has 4 aliphatic rings. The van der Waals surface area contributed by atoms with Crippen molar-refractivity contribution in [2.75, 3.05) is 9.80 Å². The molecule has 1 saturated carbocycles. The lowest BCUT2D eigenvalue weighted by atomic mass is 9.56. The predicted octanol–water partition coefficient (Wildman–Crippen LogP) is 6.08. The van der Waals surface area contributed by atoms with Crippen LogP contribution in [0.1, 0.15) is 29.9 Å². The Morgan fingerprint density at radius 3 is 2.13 bits per heavy atom. The van der Waals surface area contributed by atoms with Crippen LogP contribution in [0.25, 0.3) is 6.08 Å². The molecule has 0 bridgehead atoms. The number of amides is 4. The van der Waals surface area contributed by atoms with E-state index < -0.39 is 74.4 Å². The molecule has 6 atom stereocenters. The largest absolute Gasteiger partial charge is 0.505 e. The minimum Gasteiger partial charge on any atom is -0.505 e. The molecular weight excluding hydrogens is 625 g/mol. The van der Waals surface area contributed by atoms with E-state index in [0.717, 1.165) is 39.6 Å². The van der Waals surface area contributed by atoms with Crippen molar-refractivity contribution in [3.8, 4) is 5.75 Å². The first kappa shape index (κ1) is 29.4. The molecule has 3 fully saturated rings. The zero-order chi connectivity index (χ0) is 32.0. The number of carbonyl (C=O) groups excluding carboxylic acids is 4. The quantitative estimate of drug-likeness (QED) is 0.210. The Morgan fingerprint density at radius 2 is 1.49 bits per heavy atom. The number of halogens is 4. The van der Waals surface area contributed by atoms with Gasteiger partial charge >= 0.3 is 0 Å². The van der Waals surface area contributed by atoms with E-state index in [1.807, 2.05) is 0 Å². The first-order valence-corrected chi connectivity index (χ1v) is 15.0. The molecule has 3 aromatic carbocycles. The lowest BCUT2D eigenvalue weighted by Gasteiger charge is -2.50. The van der Waals surface area contributed by atoms with Crippen LogP contribution in [-0.4, -0.2) is 38.5 Å². The Labute approximate surface area is 266 Å². The molecule has 2 saturated heterocycles. The van der Waals surface area contributed by atoms with Crippen LogP contribution >= 0.6 is 23.2 Å². The summed E-state index contributed by atoms with van der Waals surface area (Å²) in [5.41, 5.74) is 1.83. The molecule has 7 rings (SSSR count). The van der Waals surface area contributed by atoms with Gasteiger partial charge in [0.2, 0.25) is 11.8 Å². The van der Waals surface area contributed by atoms with Gasteiger partial charge in [0.1, 0.15) is 5.82 Å². The molecule has 6 unspecified atom stereocenters. The third-order valence-electron chi connectivity index (χ3n) is 9.59. The maximum Gasteiger partial charge on any atom is 0.258 e. The molecule has 7 nitrogen and oxygen atoms in total. The monoisotopic (exact) mass is 648 g/mol. The number of aromatic hydroxyl groups is 1. The Hall–Kier alpha value is -4.34. The highest BCUT2D eigenvalue weighted by Crippen LogP contribution is 2.66. The average Bonchev–Trinajstić information content (AvgIpc) is 3.37. The molecule has 0 aromatic heterocycles. The van der Waals surface area contributed by atoms with Crippen molar-refractivity contribution in [1.29, 1.82) is 0 Å². The Morgan fingerprint density at radius 1 is 0.844 bits per heavy atom. The van der Waals surface area contributed by atoms with Gasteiger partial charge in [-0.1, -0.05) is 42.5 Å². The fourth-order valence-electron chi connectivity index (χ4n) is 7.49. The van der Waals surface area contributed by atoms with Crippen molar-refractivity contribution in [3.05, 3.63) is 108 Å². The van der Waals surface area contributed by atoms with Gasteiger partial charge in [0.05, 0.1) is 23.2 Å². The van der Waals surface area contributed by atoms with Crippen LogP contribution in [0.3, 0.4) is 0 Å². The zero-order valence-electron chi connectivity index (χ0n) is 23.4. The number of alkyl halides is 2. The molecule has 0 spiro atoms.